The summed E-state index contributed by atoms with van der Waals surface area (Å²) in [7, 11) is 3.83. The number of likely N-dealkylation sites (N-methyl/N-ethyl adjacent to an activating group) is 1. The maximum Gasteiger partial charge on any atom is 0.282 e. The Balaban J connectivity index is 0.000000224. The van der Waals surface area contributed by atoms with E-state index in [0.29, 0.717) is 26.8 Å². The number of rotatable bonds is 3. The van der Waals surface area contributed by atoms with E-state index in [-0.39, 0.29) is 12.0 Å². The molecule has 1 unspecified atom stereocenters. The standard InChI is InChI=1S/C14H21N3O2S.C5H4ClNOS/c1-9-12-11(5-6-16(9)2)15-13(20-12)14(18)17-7-4-10(8-17)19-3;6-4-2-1-3(9-4)5(7)8/h9-10H,4-8H2,1-3H3;1-2H,(H2,7,8)/t9?,10-;/m1./s1. The van der Waals surface area contributed by atoms with Crippen LogP contribution >= 0.6 is 34.3 Å². The Labute approximate surface area is 183 Å². The normalized spacial score (nSPS) is 21.4. The van der Waals surface area contributed by atoms with E-state index in [0.717, 1.165) is 31.6 Å². The average molecular weight is 457 g/mol. The topological polar surface area (TPSA) is 88.8 Å². The van der Waals surface area contributed by atoms with Crippen LogP contribution in [0.3, 0.4) is 0 Å². The van der Waals surface area contributed by atoms with Gasteiger partial charge in [0.15, 0.2) is 5.01 Å². The molecule has 0 saturated carbocycles. The van der Waals surface area contributed by atoms with E-state index in [1.165, 1.54) is 16.2 Å². The van der Waals surface area contributed by atoms with Gasteiger partial charge in [-0.15, -0.1) is 22.7 Å². The van der Waals surface area contributed by atoms with Crippen LogP contribution in [0.15, 0.2) is 12.1 Å². The highest BCUT2D eigenvalue weighted by Crippen LogP contribution is 2.33. The molecule has 158 valence electrons. The first-order chi connectivity index (χ1) is 13.8. The van der Waals surface area contributed by atoms with Crippen molar-refractivity contribution in [3.8, 4) is 0 Å². The molecule has 0 aliphatic carbocycles. The molecule has 2 atom stereocenters. The number of aromatic nitrogens is 1. The van der Waals surface area contributed by atoms with E-state index in [9.17, 15) is 9.59 Å². The first-order valence-corrected chi connectivity index (χ1v) is 11.4. The van der Waals surface area contributed by atoms with Crippen LogP contribution < -0.4 is 5.73 Å². The molecule has 0 bridgehead atoms. The van der Waals surface area contributed by atoms with Crippen molar-refractivity contribution in [3.63, 3.8) is 0 Å². The minimum absolute atomic E-state index is 0.0683. The number of amides is 2. The molecule has 0 radical (unpaired) electrons. The van der Waals surface area contributed by atoms with Gasteiger partial charge in [0.2, 0.25) is 0 Å². The lowest BCUT2D eigenvalue weighted by molar-refractivity contribution is 0.0723. The van der Waals surface area contributed by atoms with Gasteiger partial charge in [-0.3, -0.25) is 14.5 Å². The molecule has 4 rings (SSSR count). The van der Waals surface area contributed by atoms with Gasteiger partial charge < -0.3 is 15.4 Å². The molecule has 2 aliphatic heterocycles. The number of thiazole rings is 1. The van der Waals surface area contributed by atoms with Crippen molar-refractivity contribution in [2.45, 2.75) is 31.9 Å². The number of primary amides is 1. The molecule has 2 aliphatic rings. The Morgan fingerprint density at radius 3 is 2.62 bits per heavy atom. The highest BCUT2D eigenvalue weighted by molar-refractivity contribution is 7.18. The quantitative estimate of drug-likeness (QED) is 0.766. The molecule has 10 heteroatoms. The predicted molar refractivity (Wildman–Crippen MR) is 116 cm³/mol. The number of likely N-dealkylation sites (tertiary alicyclic amines) is 1. The number of hydrogen-bond acceptors (Lipinski definition) is 7. The molecule has 2 amide bonds. The summed E-state index contributed by atoms with van der Waals surface area (Å²) in [5, 5.41) is 0.647. The lowest BCUT2D eigenvalue weighted by Crippen LogP contribution is -2.30. The summed E-state index contributed by atoms with van der Waals surface area (Å²) in [6.45, 7) is 4.66. The molecular formula is C19H25ClN4O3S2. The van der Waals surface area contributed by atoms with Gasteiger partial charge >= 0.3 is 0 Å². The van der Waals surface area contributed by atoms with E-state index in [1.54, 1.807) is 30.6 Å². The Bertz CT molecular complexity index is 885. The van der Waals surface area contributed by atoms with Gasteiger partial charge in [0.1, 0.15) is 0 Å². The second kappa shape index (κ2) is 9.53. The third-order valence-corrected chi connectivity index (χ3v) is 7.74. The Hall–Kier alpha value is -1.52. The first-order valence-electron chi connectivity index (χ1n) is 9.37. The van der Waals surface area contributed by atoms with Gasteiger partial charge in [0.25, 0.3) is 11.8 Å². The van der Waals surface area contributed by atoms with Crippen LogP contribution in [0, 0.1) is 0 Å². The van der Waals surface area contributed by atoms with Gasteiger partial charge in [0.05, 0.1) is 21.0 Å². The molecular weight excluding hydrogens is 432 g/mol. The summed E-state index contributed by atoms with van der Waals surface area (Å²) in [5.41, 5.74) is 6.06. The maximum absolute atomic E-state index is 12.5. The summed E-state index contributed by atoms with van der Waals surface area (Å²) in [6.07, 6.45) is 2.05. The number of methoxy groups -OCH3 is 1. The van der Waals surface area contributed by atoms with Crippen LogP contribution in [-0.4, -0.2) is 66.5 Å². The second-order valence-corrected chi connectivity index (χ2v) is 9.85. The molecule has 1 saturated heterocycles. The SMILES string of the molecule is CO[C@@H]1CCN(C(=O)c2nc3c(s2)C(C)N(C)CC3)C1.NC(=O)c1ccc(Cl)s1. The lowest BCUT2D eigenvalue weighted by atomic mass is 10.1. The third-order valence-electron chi connectivity index (χ3n) is 5.23. The van der Waals surface area contributed by atoms with Crippen molar-refractivity contribution < 1.29 is 14.3 Å². The average Bonchev–Trinajstić information content (AvgIpc) is 3.43. The summed E-state index contributed by atoms with van der Waals surface area (Å²) in [6, 6.07) is 3.62. The minimum atomic E-state index is -0.424. The number of thiophene rings is 1. The van der Waals surface area contributed by atoms with Crippen molar-refractivity contribution >= 4 is 46.1 Å². The minimum Gasteiger partial charge on any atom is -0.380 e. The highest BCUT2D eigenvalue weighted by Gasteiger charge is 2.31. The van der Waals surface area contributed by atoms with E-state index < -0.39 is 5.91 Å². The lowest BCUT2D eigenvalue weighted by Gasteiger charge is -2.28. The largest absolute Gasteiger partial charge is 0.380 e. The fraction of sp³-hybridized carbons (Fsp3) is 0.526. The van der Waals surface area contributed by atoms with Crippen molar-refractivity contribution in [2.24, 2.45) is 5.73 Å². The van der Waals surface area contributed by atoms with Crippen LogP contribution in [0.2, 0.25) is 4.34 Å². The number of nitrogens with two attached hydrogens (primary N) is 1. The zero-order chi connectivity index (χ0) is 21.1. The Morgan fingerprint density at radius 1 is 1.31 bits per heavy atom. The third kappa shape index (κ3) is 5.16. The van der Waals surface area contributed by atoms with Crippen LogP contribution in [0.4, 0.5) is 0 Å². The summed E-state index contributed by atoms with van der Waals surface area (Å²) in [4.78, 5) is 33.4. The zero-order valence-electron chi connectivity index (χ0n) is 16.7. The number of halogens is 1. The number of carbonyl (C=O) groups excluding carboxylic acids is 2. The van der Waals surface area contributed by atoms with Crippen LogP contribution in [0.25, 0.3) is 0 Å². The fourth-order valence-electron chi connectivity index (χ4n) is 3.32. The molecule has 0 spiro atoms. The van der Waals surface area contributed by atoms with Crippen molar-refractivity contribution in [1.29, 1.82) is 0 Å². The molecule has 1 fully saturated rings. The Morgan fingerprint density at radius 2 is 2.07 bits per heavy atom. The monoisotopic (exact) mass is 456 g/mol. The molecule has 2 aromatic heterocycles. The van der Waals surface area contributed by atoms with Gasteiger partial charge in [-0.1, -0.05) is 11.6 Å². The van der Waals surface area contributed by atoms with Crippen LogP contribution in [0.5, 0.6) is 0 Å². The summed E-state index contributed by atoms with van der Waals surface area (Å²) in [5.74, 6) is -0.356. The zero-order valence-corrected chi connectivity index (χ0v) is 19.1. The van der Waals surface area contributed by atoms with Crippen molar-refractivity contribution in [3.05, 3.63) is 36.9 Å². The van der Waals surface area contributed by atoms with Gasteiger partial charge in [-0.2, -0.15) is 0 Å². The summed E-state index contributed by atoms with van der Waals surface area (Å²) >= 11 is 8.27. The Kier molecular flexibility index (Phi) is 7.28. The van der Waals surface area contributed by atoms with Gasteiger partial charge in [0, 0.05) is 44.1 Å². The maximum atomic E-state index is 12.5. The molecule has 2 aromatic rings. The van der Waals surface area contributed by atoms with E-state index in [2.05, 4.69) is 23.9 Å². The van der Waals surface area contributed by atoms with E-state index in [4.69, 9.17) is 22.1 Å². The number of nitrogens with zero attached hydrogens (tertiary/aromatic N) is 3. The molecule has 2 N–H and O–H groups in total. The predicted octanol–water partition coefficient (Wildman–Crippen LogP) is 3.05. The number of hydrogen-bond donors (Lipinski definition) is 1. The van der Waals surface area contributed by atoms with Crippen LogP contribution in [-0.2, 0) is 11.2 Å². The van der Waals surface area contributed by atoms with E-state index >= 15 is 0 Å². The van der Waals surface area contributed by atoms with Gasteiger partial charge in [-0.05, 0) is 32.5 Å². The molecule has 29 heavy (non-hydrogen) atoms. The highest BCUT2D eigenvalue weighted by atomic mass is 35.5. The fourth-order valence-corrected chi connectivity index (χ4v) is 5.42. The molecule has 4 heterocycles. The number of fused-ring (bicyclic) bond motifs is 1. The van der Waals surface area contributed by atoms with Crippen molar-refractivity contribution in [1.82, 2.24) is 14.8 Å². The first kappa shape index (κ1) is 22.2. The number of carbonyl (C=O) groups is 2. The van der Waals surface area contributed by atoms with Crippen molar-refractivity contribution in [2.75, 3.05) is 33.8 Å². The summed E-state index contributed by atoms with van der Waals surface area (Å²) < 4.78 is 5.91. The molecule has 7 nitrogen and oxygen atoms in total. The second-order valence-electron chi connectivity index (χ2n) is 7.10. The molecule has 0 aromatic carbocycles. The smallest absolute Gasteiger partial charge is 0.282 e. The number of ether oxygens (including phenoxy) is 1. The van der Waals surface area contributed by atoms with Gasteiger partial charge in [-0.25, -0.2) is 4.98 Å². The van der Waals surface area contributed by atoms with E-state index in [1.807, 2.05) is 4.90 Å². The van der Waals surface area contributed by atoms with Crippen LogP contribution in [0.1, 0.15) is 49.4 Å².